The molecule has 1 amide bonds. The lowest BCUT2D eigenvalue weighted by Gasteiger charge is -2.24. The summed E-state index contributed by atoms with van der Waals surface area (Å²) in [7, 11) is -1.02. The van der Waals surface area contributed by atoms with E-state index < -0.39 is 28.3 Å². The Morgan fingerprint density at radius 1 is 1.06 bits per heavy atom. The zero-order valence-corrected chi connectivity index (χ0v) is 19.0. The van der Waals surface area contributed by atoms with Crippen LogP contribution in [0.5, 0.6) is 11.5 Å². The first-order chi connectivity index (χ1) is 15.8. The Bertz CT molecular complexity index is 1190. The van der Waals surface area contributed by atoms with Crippen molar-refractivity contribution >= 4 is 21.6 Å². The summed E-state index contributed by atoms with van der Waals surface area (Å²) in [6, 6.07) is 13.2. The van der Waals surface area contributed by atoms with Crippen molar-refractivity contribution in [2.75, 3.05) is 31.6 Å². The molecule has 10 heteroatoms. The van der Waals surface area contributed by atoms with Gasteiger partial charge in [0.1, 0.15) is 17.3 Å². The Morgan fingerprint density at radius 3 is 2.42 bits per heavy atom. The highest BCUT2D eigenvalue weighted by Gasteiger charge is 2.27. The topological polar surface area (TPSA) is 97.8 Å². The molecule has 1 aromatic heterocycles. The lowest BCUT2D eigenvalue weighted by molar-refractivity contribution is -0.119. The van der Waals surface area contributed by atoms with E-state index in [9.17, 15) is 17.6 Å². The fourth-order valence-corrected chi connectivity index (χ4v) is 4.50. The van der Waals surface area contributed by atoms with Crippen LogP contribution in [0.2, 0.25) is 0 Å². The fraction of sp³-hybridized carbons (Fsp3) is 0.217. The minimum atomic E-state index is -4.10. The van der Waals surface area contributed by atoms with Gasteiger partial charge in [0.05, 0.1) is 19.9 Å². The van der Waals surface area contributed by atoms with Crippen molar-refractivity contribution in [3.63, 3.8) is 0 Å². The number of benzene rings is 2. The van der Waals surface area contributed by atoms with Crippen LogP contribution in [0.4, 0.5) is 10.1 Å². The van der Waals surface area contributed by atoms with Crippen molar-refractivity contribution in [2.24, 2.45) is 0 Å². The Morgan fingerprint density at radius 2 is 1.79 bits per heavy atom. The SMILES string of the molecule is COc1ccc(CCNC(=O)CN(c2ccc(F)cc2)S(=O)(=O)c2cccnc2)cc1OC. The number of carbonyl (C=O) groups excluding carboxylic acids is 1. The van der Waals surface area contributed by atoms with E-state index in [1.54, 1.807) is 13.2 Å². The van der Waals surface area contributed by atoms with Gasteiger partial charge in [0.15, 0.2) is 11.5 Å². The van der Waals surface area contributed by atoms with E-state index >= 15 is 0 Å². The Labute approximate surface area is 192 Å². The van der Waals surface area contributed by atoms with Gasteiger partial charge in [-0.25, -0.2) is 12.8 Å². The van der Waals surface area contributed by atoms with Crippen LogP contribution in [-0.2, 0) is 21.2 Å². The largest absolute Gasteiger partial charge is 0.493 e. The maximum absolute atomic E-state index is 13.4. The minimum absolute atomic E-state index is 0.0764. The quantitative estimate of drug-likeness (QED) is 0.486. The number of aromatic nitrogens is 1. The predicted molar refractivity (Wildman–Crippen MR) is 121 cm³/mol. The number of halogens is 1. The average molecular weight is 474 g/mol. The molecule has 33 heavy (non-hydrogen) atoms. The number of nitrogens with zero attached hydrogens (tertiary/aromatic N) is 2. The summed E-state index contributed by atoms with van der Waals surface area (Å²) in [4.78, 5) is 16.4. The minimum Gasteiger partial charge on any atom is -0.493 e. The summed E-state index contributed by atoms with van der Waals surface area (Å²) >= 11 is 0. The van der Waals surface area contributed by atoms with Crippen LogP contribution < -0.4 is 19.1 Å². The van der Waals surface area contributed by atoms with E-state index in [0.29, 0.717) is 17.9 Å². The number of pyridine rings is 1. The molecule has 2 aromatic carbocycles. The van der Waals surface area contributed by atoms with Crippen molar-refractivity contribution in [1.82, 2.24) is 10.3 Å². The second-order valence-corrected chi connectivity index (χ2v) is 8.83. The monoisotopic (exact) mass is 473 g/mol. The number of amides is 1. The summed E-state index contributed by atoms with van der Waals surface area (Å²) in [5.41, 5.74) is 1.07. The molecule has 0 fully saturated rings. The summed E-state index contributed by atoms with van der Waals surface area (Å²) in [6.45, 7) is -0.201. The van der Waals surface area contributed by atoms with Gasteiger partial charge < -0.3 is 14.8 Å². The third-order valence-electron chi connectivity index (χ3n) is 4.81. The molecule has 0 bridgehead atoms. The van der Waals surface area contributed by atoms with Crippen molar-refractivity contribution in [3.05, 3.63) is 78.4 Å². The highest BCUT2D eigenvalue weighted by atomic mass is 32.2. The molecule has 0 atom stereocenters. The molecule has 3 aromatic rings. The number of hydrogen-bond donors (Lipinski definition) is 1. The van der Waals surface area contributed by atoms with Gasteiger partial charge in [-0.05, 0) is 60.5 Å². The Kier molecular flexibility index (Phi) is 7.83. The van der Waals surface area contributed by atoms with Crippen molar-refractivity contribution in [2.45, 2.75) is 11.3 Å². The summed E-state index contributed by atoms with van der Waals surface area (Å²) < 4.78 is 51.1. The molecule has 0 radical (unpaired) electrons. The van der Waals surface area contributed by atoms with E-state index in [4.69, 9.17) is 9.47 Å². The molecule has 8 nitrogen and oxygen atoms in total. The zero-order valence-electron chi connectivity index (χ0n) is 18.2. The molecule has 0 unspecified atom stereocenters. The normalized spacial score (nSPS) is 11.0. The number of methoxy groups -OCH3 is 2. The highest BCUT2D eigenvalue weighted by molar-refractivity contribution is 7.92. The number of carbonyl (C=O) groups is 1. The molecule has 0 spiro atoms. The van der Waals surface area contributed by atoms with Gasteiger partial charge >= 0.3 is 0 Å². The molecule has 1 heterocycles. The van der Waals surface area contributed by atoms with Gasteiger partial charge in [0.25, 0.3) is 10.0 Å². The number of nitrogens with one attached hydrogen (secondary N) is 1. The van der Waals surface area contributed by atoms with E-state index in [1.165, 1.54) is 43.8 Å². The van der Waals surface area contributed by atoms with Gasteiger partial charge in [0, 0.05) is 18.9 Å². The van der Waals surface area contributed by atoms with E-state index in [0.717, 1.165) is 22.0 Å². The second-order valence-electron chi connectivity index (χ2n) is 6.97. The molecule has 0 aliphatic heterocycles. The summed E-state index contributed by atoms with van der Waals surface area (Å²) in [6.07, 6.45) is 3.14. The standard InChI is InChI=1S/C23H24FN3O5S/c1-31-21-10-5-17(14-22(21)32-2)11-13-26-23(28)16-27(19-8-6-18(24)7-9-19)33(29,30)20-4-3-12-25-15-20/h3-10,12,14-15H,11,13,16H2,1-2H3,(H,26,28). The maximum Gasteiger partial charge on any atom is 0.266 e. The Hall–Kier alpha value is -3.66. The number of ether oxygens (including phenoxy) is 2. The van der Waals surface area contributed by atoms with Crippen LogP contribution in [0.25, 0.3) is 0 Å². The third kappa shape index (κ3) is 5.98. The van der Waals surface area contributed by atoms with Crippen molar-refractivity contribution in [3.8, 4) is 11.5 Å². The van der Waals surface area contributed by atoms with Crippen molar-refractivity contribution < 1.29 is 27.1 Å². The lowest BCUT2D eigenvalue weighted by Crippen LogP contribution is -2.41. The first-order valence-corrected chi connectivity index (χ1v) is 11.4. The van der Waals surface area contributed by atoms with Crippen LogP contribution in [0.15, 0.2) is 71.9 Å². The molecule has 3 rings (SSSR count). The van der Waals surface area contributed by atoms with Gasteiger partial charge in [-0.3, -0.25) is 14.1 Å². The number of hydrogen-bond acceptors (Lipinski definition) is 6. The van der Waals surface area contributed by atoms with E-state index in [-0.39, 0.29) is 17.1 Å². The van der Waals surface area contributed by atoms with Crippen LogP contribution in [0.3, 0.4) is 0 Å². The van der Waals surface area contributed by atoms with Crippen LogP contribution in [0, 0.1) is 5.82 Å². The molecule has 1 N–H and O–H groups in total. The second kappa shape index (κ2) is 10.8. The van der Waals surface area contributed by atoms with E-state index in [1.807, 2.05) is 12.1 Å². The van der Waals surface area contributed by atoms with E-state index in [2.05, 4.69) is 10.3 Å². The molecule has 0 saturated carbocycles. The first kappa shape index (κ1) is 24.0. The van der Waals surface area contributed by atoms with Gasteiger partial charge in [-0.1, -0.05) is 6.07 Å². The maximum atomic E-state index is 13.4. The zero-order chi connectivity index (χ0) is 23.8. The smallest absolute Gasteiger partial charge is 0.266 e. The molecular weight excluding hydrogens is 449 g/mol. The van der Waals surface area contributed by atoms with Crippen LogP contribution >= 0.6 is 0 Å². The highest BCUT2D eigenvalue weighted by Crippen LogP contribution is 2.27. The number of rotatable bonds is 10. The summed E-state index contributed by atoms with van der Waals surface area (Å²) in [5.74, 6) is 0.149. The molecular formula is C23H24FN3O5S. The molecule has 0 aliphatic carbocycles. The Balaban J connectivity index is 1.72. The van der Waals surface area contributed by atoms with Gasteiger partial charge in [-0.15, -0.1) is 0 Å². The van der Waals surface area contributed by atoms with Gasteiger partial charge in [0.2, 0.25) is 5.91 Å². The third-order valence-corrected chi connectivity index (χ3v) is 6.57. The molecule has 174 valence electrons. The molecule has 0 saturated heterocycles. The average Bonchev–Trinajstić information content (AvgIpc) is 2.83. The molecule has 0 aliphatic rings. The summed E-state index contributed by atoms with van der Waals surface area (Å²) in [5, 5.41) is 2.73. The number of sulfonamides is 1. The predicted octanol–water partition coefficient (Wildman–Crippen LogP) is 2.79. The van der Waals surface area contributed by atoms with Gasteiger partial charge in [-0.2, -0.15) is 0 Å². The fourth-order valence-electron chi connectivity index (χ4n) is 3.12. The first-order valence-electron chi connectivity index (χ1n) is 10.0. The lowest BCUT2D eigenvalue weighted by atomic mass is 10.1. The van der Waals surface area contributed by atoms with Crippen LogP contribution in [0.1, 0.15) is 5.56 Å². The van der Waals surface area contributed by atoms with Crippen LogP contribution in [-0.4, -0.2) is 46.6 Å². The number of anilines is 1. The van der Waals surface area contributed by atoms with Crippen molar-refractivity contribution in [1.29, 1.82) is 0 Å².